The molecular formula is C10H10Cl2O2. The normalized spacial score (nSPS) is 12.6. The first kappa shape index (κ1) is 11.5. The minimum absolute atomic E-state index is 0.0312. The summed E-state index contributed by atoms with van der Waals surface area (Å²) < 4.78 is 0. The van der Waals surface area contributed by atoms with Gasteiger partial charge >= 0.3 is 0 Å². The fraction of sp³-hybridized carbons (Fsp3) is 0.300. The summed E-state index contributed by atoms with van der Waals surface area (Å²) in [6.07, 6.45) is -0.891. The third-order valence-corrected chi connectivity index (χ3v) is 2.47. The van der Waals surface area contributed by atoms with Gasteiger partial charge in [-0.05, 0) is 19.1 Å². The smallest absolute Gasteiger partial charge is 0.132 e. The summed E-state index contributed by atoms with van der Waals surface area (Å²) in [6.45, 7) is 1.41. The van der Waals surface area contributed by atoms with Crippen LogP contribution in [0.1, 0.15) is 25.0 Å². The number of benzene rings is 1. The number of Topliss-reactive ketones (excluding diaryl/α,β-unsaturated/α-hetero) is 1. The van der Waals surface area contributed by atoms with Crippen molar-refractivity contribution in [1.29, 1.82) is 0 Å². The molecule has 14 heavy (non-hydrogen) atoms. The average Bonchev–Trinajstić information content (AvgIpc) is 2.01. The quantitative estimate of drug-likeness (QED) is 0.871. The lowest BCUT2D eigenvalue weighted by molar-refractivity contribution is -0.118. The Hall–Kier alpha value is -0.570. The molecule has 0 heterocycles. The van der Waals surface area contributed by atoms with E-state index < -0.39 is 6.10 Å². The van der Waals surface area contributed by atoms with E-state index in [0.29, 0.717) is 15.6 Å². The summed E-state index contributed by atoms with van der Waals surface area (Å²) in [4.78, 5) is 10.8. The Morgan fingerprint density at radius 1 is 1.43 bits per heavy atom. The molecule has 1 rings (SSSR count). The summed E-state index contributed by atoms with van der Waals surface area (Å²) in [5.74, 6) is -0.103. The SMILES string of the molecule is CC(=O)C[C@@H](O)c1c(Cl)cccc1Cl. The lowest BCUT2D eigenvalue weighted by Crippen LogP contribution is -2.04. The molecule has 0 saturated heterocycles. The molecule has 4 heteroatoms. The number of carbonyl (C=O) groups is 1. The van der Waals surface area contributed by atoms with E-state index in [1.165, 1.54) is 6.92 Å². The van der Waals surface area contributed by atoms with Crippen LogP contribution in [0.2, 0.25) is 10.0 Å². The van der Waals surface area contributed by atoms with E-state index in [2.05, 4.69) is 0 Å². The molecular weight excluding hydrogens is 223 g/mol. The third-order valence-electron chi connectivity index (χ3n) is 1.81. The van der Waals surface area contributed by atoms with Crippen molar-refractivity contribution in [1.82, 2.24) is 0 Å². The van der Waals surface area contributed by atoms with Gasteiger partial charge in [-0.25, -0.2) is 0 Å². The van der Waals surface area contributed by atoms with Crippen LogP contribution >= 0.6 is 23.2 Å². The van der Waals surface area contributed by atoms with Crippen molar-refractivity contribution in [3.63, 3.8) is 0 Å². The van der Waals surface area contributed by atoms with Crippen LogP contribution in [0.4, 0.5) is 0 Å². The molecule has 76 valence electrons. The van der Waals surface area contributed by atoms with Crippen LogP contribution in [0.5, 0.6) is 0 Å². The summed E-state index contributed by atoms with van der Waals surface area (Å²) in [5, 5.41) is 10.4. The molecule has 0 unspecified atom stereocenters. The molecule has 0 aliphatic heterocycles. The number of hydrogen-bond donors (Lipinski definition) is 1. The first-order valence-electron chi connectivity index (χ1n) is 4.13. The first-order valence-corrected chi connectivity index (χ1v) is 4.89. The van der Waals surface area contributed by atoms with Crippen molar-refractivity contribution >= 4 is 29.0 Å². The minimum atomic E-state index is -0.923. The largest absolute Gasteiger partial charge is 0.388 e. The predicted octanol–water partition coefficient (Wildman–Crippen LogP) is 3.01. The average molecular weight is 233 g/mol. The van der Waals surface area contributed by atoms with E-state index in [0.717, 1.165) is 0 Å². The Morgan fingerprint density at radius 2 is 1.93 bits per heavy atom. The van der Waals surface area contributed by atoms with Crippen LogP contribution < -0.4 is 0 Å². The van der Waals surface area contributed by atoms with Crippen LogP contribution in [0.15, 0.2) is 18.2 Å². The monoisotopic (exact) mass is 232 g/mol. The van der Waals surface area contributed by atoms with Crippen molar-refractivity contribution in [2.75, 3.05) is 0 Å². The molecule has 1 aromatic carbocycles. The van der Waals surface area contributed by atoms with Gasteiger partial charge in [0.15, 0.2) is 0 Å². The van der Waals surface area contributed by atoms with Gasteiger partial charge in [0.1, 0.15) is 5.78 Å². The van der Waals surface area contributed by atoms with E-state index in [1.807, 2.05) is 0 Å². The fourth-order valence-electron chi connectivity index (χ4n) is 1.20. The standard InChI is InChI=1S/C10H10Cl2O2/c1-6(13)5-9(14)10-7(11)3-2-4-8(10)12/h2-4,9,14H,5H2,1H3/t9-/m1/s1. The summed E-state index contributed by atoms with van der Waals surface area (Å²) in [5.41, 5.74) is 0.422. The number of aliphatic hydroxyl groups is 1. The molecule has 0 aliphatic carbocycles. The van der Waals surface area contributed by atoms with Gasteiger partial charge in [-0.15, -0.1) is 0 Å². The van der Waals surface area contributed by atoms with Gasteiger partial charge in [0, 0.05) is 22.0 Å². The van der Waals surface area contributed by atoms with Crippen molar-refractivity contribution in [2.45, 2.75) is 19.4 Å². The van der Waals surface area contributed by atoms with Gasteiger partial charge in [-0.1, -0.05) is 29.3 Å². The van der Waals surface area contributed by atoms with Gasteiger partial charge in [0.25, 0.3) is 0 Å². The van der Waals surface area contributed by atoms with Crippen molar-refractivity contribution in [3.8, 4) is 0 Å². The number of halogens is 2. The lowest BCUT2D eigenvalue weighted by Gasteiger charge is -2.12. The minimum Gasteiger partial charge on any atom is -0.388 e. The maximum atomic E-state index is 10.8. The number of hydrogen-bond acceptors (Lipinski definition) is 2. The lowest BCUT2D eigenvalue weighted by atomic mass is 10.0. The molecule has 0 aromatic heterocycles. The molecule has 0 amide bonds. The number of aliphatic hydroxyl groups excluding tert-OH is 1. The highest BCUT2D eigenvalue weighted by Gasteiger charge is 2.16. The van der Waals surface area contributed by atoms with E-state index in [-0.39, 0.29) is 12.2 Å². The first-order chi connectivity index (χ1) is 6.52. The van der Waals surface area contributed by atoms with Gasteiger partial charge < -0.3 is 5.11 Å². The predicted molar refractivity (Wildman–Crippen MR) is 56.7 cm³/mol. The summed E-state index contributed by atoms with van der Waals surface area (Å²) in [7, 11) is 0. The number of carbonyl (C=O) groups excluding carboxylic acids is 1. The second-order valence-corrected chi connectivity index (χ2v) is 3.87. The van der Waals surface area contributed by atoms with Crippen LogP contribution in [0, 0.1) is 0 Å². The highest BCUT2D eigenvalue weighted by molar-refractivity contribution is 6.36. The second kappa shape index (κ2) is 4.78. The molecule has 0 bridgehead atoms. The maximum Gasteiger partial charge on any atom is 0.132 e. The Bertz CT molecular complexity index is 330. The molecule has 0 spiro atoms. The highest BCUT2D eigenvalue weighted by Crippen LogP contribution is 2.31. The van der Waals surface area contributed by atoms with Crippen LogP contribution in [0.25, 0.3) is 0 Å². The van der Waals surface area contributed by atoms with Gasteiger partial charge in [0.2, 0.25) is 0 Å². The van der Waals surface area contributed by atoms with E-state index in [9.17, 15) is 9.90 Å². The molecule has 1 aromatic rings. The number of rotatable bonds is 3. The van der Waals surface area contributed by atoms with E-state index in [1.54, 1.807) is 18.2 Å². The topological polar surface area (TPSA) is 37.3 Å². The molecule has 0 saturated carbocycles. The van der Waals surface area contributed by atoms with Gasteiger partial charge in [-0.2, -0.15) is 0 Å². The molecule has 0 fully saturated rings. The highest BCUT2D eigenvalue weighted by atomic mass is 35.5. The van der Waals surface area contributed by atoms with E-state index in [4.69, 9.17) is 23.2 Å². The Morgan fingerprint density at radius 3 is 2.36 bits per heavy atom. The zero-order chi connectivity index (χ0) is 10.7. The Labute approximate surface area is 92.5 Å². The Balaban J connectivity index is 2.99. The summed E-state index contributed by atoms with van der Waals surface area (Å²) in [6, 6.07) is 4.95. The molecule has 0 aliphatic rings. The fourth-order valence-corrected chi connectivity index (χ4v) is 1.85. The zero-order valence-electron chi connectivity index (χ0n) is 7.63. The third kappa shape index (κ3) is 2.71. The summed E-state index contributed by atoms with van der Waals surface area (Å²) >= 11 is 11.7. The van der Waals surface area contributed by atoms with E-state index >= 15 is 0 Å². The molecule has 1 atom stereocenters. The zero-order valence-corrected chi connectivity index (χ0v) is 9.14. The van der Waals surface area contributed by atoms with Crippen molar-refractivity contribution in [2.24, 2.45) is 0 Å². The van der Waals surface area contributed by atoms with Gasteiger partial charge in [-0.3, -0.25) is 4.79 Å². The van der Waals surface area contributed by atoms with Gasteiger partial charge in [0.05, 0.1) is 6.10 Å². The molecule has 2 nitrogen and oxygen atoms in total. The van der Waals surface area contributed by atoms with Crippen LogP contribution in [0.3, 0.4) is 0 Å². The van der Waals surface area contributed by atoms with Crippen LogP contribution in [-0.4, -0.2) is 10.9 Å². The molecule has 0 radical (unpaired) electrons. The second-order valence-electron chi connectivity index (χ2n) is 3.06. The maximum absolute atomic E-state index is 10.8. The van der Waals surface area contributed by atoms with Crippen molar-refractivity contribution < 1.29 is 9.90 Å². The van der Waals surface area contributed by atoms with Crippen molar-refractivity contribution in [3.05, 3.63) is 33.8 Å². The Kier molecular flexibility index (Phi) is 3.93. The molecule has 1 N–H and O–H groups in total. The number of ketones is 1. The van der Waals surface area contributed by atoms with Crippen LogP contribution in [-0.2, 0) is 4.79 Å².